The SMILES string of the molecule is CCCC(C(=O)Nc1ccc(NS(=O)(=O)c2ccc3c(c2)OCCCO3)cc1)c1ccccc1. The molecule has 7 nitrogen and oxygen atoms in total. The molecule has 0 aliphatic carbocycles. The zero-order valence-electron chi connectivity index (χ0n) is 19.0. The second kappa shape index (κ2) is 10.6. The molecule has 1 heterocycles. The van der Waals surface area contributed by atoms with E-state index in [9.17, 15) is 13.2 Å². The smallest absolute Gasteiger partial charge is 0.262 e. The number of carbonyl (C=O) groups excluding carboxylic acids is 1. The number of nitrogens with one attached hydrogen (secondary N) is 2. The number of hydrogen-bond acceptors (Lipinski definition) is 5. The van der Waals surface area contributed by atoms with Crippen molar-refractivity contribution in [1.82, 2.24) is 0 Å². The van der Waals surface area contributed by atoms with Crippen molar-refractivity contribution in [2.75, 3.05) is 23.3 Å². The summed E-state index contributed by atoms with van der Waals surface area (Å²) in [5, 5.41) is 2.94. The van der Waals surface area contributed by atoms with Crippen LogP contribution in [-0.2, 0) is 14.8 Å². The minimum absolute atomic E-state index is 0.0828. The van der Waals surface area contributed by atoms with E-state index in [1.807, 2.05) is 37.3 Å². The van der Waals surface area contributed by atoms with Gasteiger partial charge in [-0.25, -0.2) is 8.42 Å². The fourth-order valence-electron chi connectivity index (χ4n) is 3.80. The minimum Gasteiger partial charge on any atom is -0.490 e. The quantitative estimate of drug-likeness (QED) is 0.464. The summed E-state index contributed by atoms with van der Waals surface area (Å²) in [4.78, 5) is 13.0. The molecule has 0 bridgehead atoms. The van der Waals surface area contributed by atoms with Crippen molar-refractivity contribution < 1.29 is 22.7 Å². The highest BCUT2D eigenvalue weighted by Crippen LogP contribution is 2.32. The summed E-state index contributed by atoms with van der Waals surface area (Å²) in [5.74, 6) is 0.615. The highest BCUT2D eigenvalue weighted by molar-refractivity contribution is 7.92. The van der Waals surface area contributed by atoms with Crippen LogP contribution in [0.3, 0.4) is 0 Å². The van der Waals surface area contributed by atoms with Crippen molar-refractivity contribution in [2.24, 2.45) is 0 Å². The number of amides is 1. The van der Waals surface area contributed by atoms with E-state index in [0.29, 0.717) is 36.1 Å². The molecule has 4 rings (SSSR count). The number of anilines is 2. The number of fused-ring (bicyclic) bond motifs is 1. The Morgan fingerprint density at radius 1 is 0.912 bits per heavy atom. The lowest BCUT2D eigenvalue weighted by Gasteiger charge is -2.17. The first-order valence-corrected chi connectivity index (χ1v) is 12.8. The van der Waals surface area contributed by atoms with Gasteiger partial charge in [0.2, 0.25) is 5.91 Å². The van der Waals surface area contributed by atoms with Gasteiger partial charge in [0.15, 0.2) is 11.5 Å². The average molecular weight is 481 g/mol. The van der Waals surface area contributed by atoms with Crippen LogP contribution in [0.25, 0.3) is 0 Å². The van der Waals surface area contributed by atoms with Crippen LogP contribution >= 0.6 is 0 Å². The van der Waals surface area contributed by atoms with Crippen LogP contribution in [0.1, 0.15) is 37.7 Å². The molecule has 0 fully saturated rings. The molecule has 3 aromatic rings. The van der Waals surface area contributed by atoms with E-state index in [0.717, 1.165) is 24.8 Å². The summed E-state index contributed by atoms with van der Waals surface area (Å²) >= 11 is 0. The van der Waals surface area contributed by atoms with Crippen molar-refractivity contribution in [1.29, 1.82) is 0 Å². The third-order valence-corrected chi connectivity index (χ3v) is 6.91. The van der Waals surface area contributed by atoms with E-state index < -0.39 is 10.0 Å². The predicted octanol–water partition coefficient (Wildman–Crippen LogP) is 5.17. The minimum atomic E-state index is -3.82. The molecule has 2 N–H and O–H groups in total. The summed E-state index contributed by atoms with van der Waals surface area (Å²) < 4.78 is 39.5. The Labute approximate surface area is 200 Å². The molecule has 0 aromatic heterocycles. The zero-order chi connectivity index (χ0) is 24.0. The van der Waals surface area contributed by atoms with Gasteiger partial charge in [-0.2, -0.15) is 0 Å². The summed E-state index contributed by atoms with van der Waals surface area (Å²) in [7, 11) is -3.82. The van der Waals surface area contributed by atoms with Crippen molar-refractivity contribution in [3.05, 3.63) is 78.4 Å². The predicted molar refractivity (Wildman–Crippen MR) is 132 cm³/mol. The molecule has 34 heavy (non-hydrogen) atoms. The van der Waals surface area contributed by atoms with Crippen molar-refractivity contribution >= 4 is 27.3 Å². The van der Waals surface area contributed by atoms with Gasteiger partial charge in [0.05, 0.1) is 24.0 Å². The fourth-order valence-corrected chi connectivity index (χ4v) is 4.87. The van der Waals surface area contributed by atoms with Crippen LogP contribution in [0.15, 0.2) is 77.7 Å². The van der Waals surface area contributed by atoms with E-state index >= 15 is 0 Å². The van der Waals surface area contributed by atoms with Gasteiger partial charge in [0, 0.05) is 23.9 Å². The molecule has 1 amide bonds. The fraction of sp³-hybridized carbons (Fsp3) is 0.269. The maximum atomic E-state index is 12.9. The normalized spacial score (nSPS) is 14.0. The van der Waals surface area contributed by atoms with E-state index in [1.54, 1.807) is 30.3 Å². The zero-order valence-corrected chi connectivity index (χ0v) is 19.8. The van der Waals surface area contributed by atoms with Gasteiger partial charge in [0.1, 0.15) is 0 Å². The summed E-state index contributed by atoms with van der Waals surface area (Å²) in [5.41, 5.74) is 1.96. The lowest BCUT2D eigenvalue weighted by Crippen LogP contribution is -2.21. The topological polar surface area (TPSA) is 93.7 Å². The maximum Gasteiger partial charge on any atom is 0.262 e. The molecule has 0 spiro atoms. The van der Waals surface area contributed by atoms with E-state index in [2.05, 4.69) is 10.0 Å². The molecule has 1 aliphatic rings. The Bertz CT molecular complexity index is 1230. The lowest BCUT2D eigenvalue weighted by molar-refractivity contribution is -0.117. The van der Waals surface area contributed by atoms with Crippen LogP contribution in [0, 0.1) is 0 Å². The maximum absolute atomic E-state index is 12.9. The standard InChI is InChI=1S/C26H28N2O5S/c1-2-7-23(19-8-4-3-5-9-19)26(29)27-20-10-12-21(13-11-20)28-34(30,31)22-14-15-24-25(18-22)33-17-6-16-32-24/h3-5,8-15,18,23,28H,2,6-7,16-17H2,1H3,(H,27,29). The van der Waals surface area contributed by atoms with Gasteiger partial charge in [0.25, 0.3) is 10.0 Å². The first-order chi connectivity index (χ1) is 16.5. The summed E-state index contributed by atoms with van der Waals surface area (Å²) in [6.45, 7) is 3.05. The first kappa shape index (κ1) is 23.6. The third kappa shape index (κ3) is 5.69. The molecule has 178 valence electrons. The van der Waals surface area contributed by atoms with Crippen molar-refractivity contribution in [3.63, 3.8) is 0 Å². The molecule has 1 unspecified atom stereocenters. The Kier molecular flexibility index (Phi) is 7.37. The van der Waals surface area contributed by atoms with Gasteiger partial charge in [-0.05, 0) is 48.4 Å². The Morgan fingerprint density at radius 2 is 1.59 bits per heavy atom. The van der Waals surface area contributed by atoms with Gasteiger partial charge in [-0.3, -0.25) is 9.52 Å². The second-order valence-electron chi connectivity index (χ2n) is 8.08. The molecule has 8 heteroatoms. The van der Waals surface area contributed by atoms with Gasteiger partial charge >= 0.3 is 0 Å². The van der Waals surface area contributed by atoms with E-state index in [1.165, 1.54) is 12.1 Å². The van der Waals surface area contributed by atoms with Crippen molar-refractivity contribution in [2.45, 2.75) is 37.0 Å². The molecule has 1 aliphatic heterocycles. The molecule has 0 saturated heterocycles. The molecular formula is C26H28N2O5S. The number of carbonyl (C=O) groups is 1. The van der Waals surface area contributed by atoms with Gasteiger partial charge in [-0.15, -0.1) is 0 Å². The highest BCUT2D eigenvalue weighted by Gasteiger charge is 2.21. The van der Waals surface area contributed by atoms with Crippen molar-refractivity contribution in [3.8, 4) is 11.5 Å². The number of sulfonamides is 1. The molecule has 0 radical (unpaired) electrons. The number of hydrogen-bond donors (Lipinski definition) is 2. The van der Waals surface area contributed by atoms with E-state index in [-0.39, 0.29) is 16.7 Å². The van der Waals surface area contributed by atoms with Crippen LogP contribution in [0.2, 0.25) is 0 Å². The van der Waals surface area contributed by atoms with E-state index in [4.69, 9.17) is 9.47 Å². The van der Waals surface area contributed by atoms with Crippen LogP contribution in [0.4, 0.5) is 11.4 Å². The second-order valence-corrected chi connectivity index (χ2v) is 9.77. The largest absolute Gasteiger partial charge is 0.490 e. The summed E-state index contributed by atoms with van der Waals surface area (Å²) in [6.07, 6.45) is 2.36. The average Bonchev–Trinajstić information content (AvgIpc) is 3.09. The van der Waals surface area contributed by atoms with Gasteiger partial charge in [-0.1, -0.05) is 43.7 Å². The van der Waals surface area contributed by atoms with Crippen LogP contribution in [0.5, 0.6) is 11.5 Å². The number of ether oxygens (including phenoxy) is 2. The number of rotatable bonds is 8. The highest BCUT2D eigenvalue weighted by atomic mass is 32.2. The number of benzene rings is 3. The first-order valence-electron chi connectivity index (χ1n) is 11.3. The monoisotopic (exact) mass is 480 g/mol. The molecule has 3 aromatic carbocycles. The Hall–Kier alpha value is -3.52. The third-order valence-electron chi connectivity index (χ3n) is 5.53. The Morgan fingerprint density at radius 3 is 2.29 bits per heavy atom. The molecular weight excluding hydrogens is 452 g/mol. The Balaban J connectivity index is 1.44. The van der Waals surface area contributed by atoms with Crippen LogP contribution < -0.4 is 19.5 Å². The van der Waals surface area contributed by atoms with Crippen LogP contribution in [-0.4, -0.2) is 27.5 Å². The van der Waals surface area contributed by atoms with Gasteiger partial charge < -0.3 is 14.8 Å². The summed E-state index contributed by atoms with van der Waals surface area (Å²) in [6, 6.07) is 20.8. The molecule has 1 atom stereocenters. The lowest BCUT2D eigenvalue weighted by atomic mass is 9.93. The molecule has 0 saturated carbocycles.